The normalized spacial score (nSPS) is 12.7. The van der Waals surface area contributed by atoms with Crippen LogP contribution < -0.4 is 0 Å². The van der Waals surface area contributed by atoms with Gasteiger partial charge >= 0.3 is 0 Å². The van der Waals surface area contributed by atoms with Gasteiger partial charge in [0.25, 0.3) is 0 Å². The van der Waals surface area contributed by atoms with Crippen LogP contribution in [0.25, 0.3) is 0 Å². The molecule has 0 amide bonds. The summed E-state index contributed by atoms with van der Waals surface area (Å²) < 4.78 is 2.79. The van der Waals surface area contributed by atoms with E-state index in [1.54, 1.807) is 18.5 Å². The summed E-state index contributed by atoms with van der Waals surface area (Å²) in [5, 5.41) is 10.1. The Balaban J connectivity index is 2.31. The van der Waals surface area contributed by atoms with Gasteiger partial charge in [-0.3, -0.25) is 4.98 Å². The molecule has 0 radical (unpaired) electrons. The van der Waals surface area contributed by atoms with Gasteiger partial charge in [0.2, 0.25) is 0 Å². The van der Waals surface area contributed by atoms with Crippen molar-refractivity contribution in [2.75, 3.05) is 0 Å². The Morgan fingerprint density at radius 1 is 1.44 bits per heavy atom. The van der Waals surface area contributed by atoms with E-state index >= 15 is 0 Å². The molecule has 0 aliphatic rings. The van der Waals surface area contributed by atoms with Crippen molar-refractivity contribution < 1.29 is 5.11 Å². The maximum atomic E-state index is 10.1. The van der Waals surface area contributed by atoms with Gasteiger partial charge in [-0.25, -0.2) is 4.98 Å². The highest BCUT2D eigenvalue weighted by molar-refractivity contribution is 9.10. The molecular weight excluding hydrogens is 270 g/mol. The van der Waals surface area contributed by atoms with Gasteiger partial charge in [0, 0.05) is 29.6 Å². The molecule has 0 saturated carbocycles. The maximum absolute atomic E-state index is 10.1. The summed E-state index contributed by atoms with van der Waals surface area (Å²) in [6.45, 7) is 2.79. The van der Waals surface area contributed by atoms with Crippen LogP contribution >= 0.6 is 15.9 Å². The first-order valence-electron chi connectivity index (χ1n) is 5.03. The molecule has 2 rings (SSSR count). The number of nitrogens with zero attached hydrogens (tertiary/aromatic N) is 3. The van der Waals surface area contributed by atoms with E-state index in [1.807, 2.05) is 23.8 Å². The minimum Gasteiger partial charge on any atom is -0.379 e. The lowest BCUT2D eigenvalue weighted by molar-refractivity contribution is 0.200. The van der Waals surface area contributed by atoms with E-state index in [1.165, 1.54) is 0 Å². The maximum Gasteiger partial charge on any atom is 0.153 e. The zero-order valence-corrected chi connectivity index (χ0v) is 10.4. The third-order valence-corrected chi connectivity index (χ3v) is 2.83. The summed E-state index contributed by atoms with van der Waals surface area (Å²) in [5.41, 5.74) is 0.601. The molecular formula is C11H12BrN3O. The number of aryl methyl sites for hydroxylation is 1. The molecule has 2 aromatic rings. The molecule has 0 spiro atoms. The molecule has 0 fully saturated rings. The summed E-state index contributed by atoms with van der Waals surface area (Å²) in [4.78, 5) is 8.31. The zero-order valence-electron chi connectivity index (χ0n) is 8.84. The van der Waals surface area contributed by atoms with Crippen molar-refractivity contribution in [1.29, 1.82) is 0 Å². The Labute approximate surface area is 102 Å². The highest BCUT2D eigenvalue weighted by atomic mass is 79.9. The first-order valence-corrected chi connectivity index (χ1v) is 5.82. The number of halogens is 1. The van der Waals surface area contributed by atoms with Crippen LogP contribution in [0.1, 0.15) is 24.5 Å². The monoisotopic (exact) mass is 281 g/mol. The molecule has 0 bridgehead atoms. The van der Waals surface area contributed by atoms with E-state index in [0.717, 1.165) is 11.0 Å². The lowest BCUT2D eigenvalue weighted by atomic mass is 10.2. The lowest BCUT2D eigenvalue weighted by Crippen LogP contribution is -2.10. The van der Waals surface area contributed by atoms with E-state index in [4.69, 9.17) is 0 Å². The number of aromatic nitrogens is 3. The quantitative estimate of drug-likeness (QED) is 0.938. The largest absolute Gasteiger partial charge is 0.379 e. The second-order valence-corrected chi connectivity index (χ2v) is 4.29. The van der Waals surface area contributed by atoms with Crippen LogP contribution in [0, 0.1) is 0 Å². The van der Waals surface area contributed by atoms with Gasteiger partial charge in [0.1, 0.15) is 5.82 Å². The molecule has 0 aliphatic carbocycles. The van der Waals surface area contributed by atoms with Crippen LogP contribution in [0.5, 0.6) is 0 Å². The lowest BCUT2D eigenvalue weighted by Gasteiger charge is -2.11. The van der Waals surface area contributed by atoms with Gasteiger partial charge in [0.15, 0.2) is 6.10 Å². The minimum absolute atomic E-state index is 0.601. The van der Waals surface area contributed by atoms with E-state index < -0.39 is 6.10 Å². The topological polar surface area (TPSA) is 50.9 Å². The van der Waals surface area contributed by atoms with Gasteiger partial charge in [0.05, 0.1) is 5.69 Å². The molecule has 2 heterocycles. The average molecular weight is 282 g/mol. The molecule has 84 valence electrons. The van der Waals surface area contributed by atoms with Crippen molar-refractivity contribution in [3.63, 3.8) is 0 Å². The fraction of sp³-hybridized carbons (Fsp3) is 0.273. The third kappa shape index (κ3) is 2.15. The van der Waals surface area contributed by atoms with Gasteiger partial charge < -0.3 is 9.67 Å². The smallest absolute Gasteiger partial charge is 0.153 e. The summed E-state index contributed by atoms with van der Waals surface area (Å²) >= 11 is 3.31. The number of hydrogen-bond acceptors (Lipinski definition) is 3. The summed E-state index contributed by atoms with van der Waals surface area (Å²) in [7, 11) is 0. The molecule has 2 aromatic heterocycles. The predicted octanol–water partition coefficient (Wildman–Crippen LogP) is 2.14. The molecule has 16 heavy (non-hydrogen) atoms. The minimum atomic E-state index is -0.775. The van der Waals surface area contributed by atoms with E-state index in [-0.39, 0.29) is 0 Å². The van der Waals surface area contributed by atoms with Crippen molar-refractivity contribution in [3.8, 4) is 0 Å². The van der Waals surface area contributed by atoms with Crippen molar-refractivity contribution in [2.24, 2.45) is 0 Å². The van der Waals surface area contributed by atoms with Crippen molar-refractivity contribution in [1.82, 2.24) is 14.5 Å². The van der Waals surface area contributed by atoms with Crippen LogP contribution in [0.4, 0.5) is 0 Å². The standard InChI is InChI=1S/C11H12BrN3O/c1-2-15-6-5-13-11(15)10(16)9-4-3-8(12)7-14-9/h3-7,10,16H,2H2,1H3. The second-order valence-electron chi connectivity index (χ2n) is 3.38. The first-order chi connectivity index (χ1) is 7.72. The number of aliphatic hydroxyl groups excluding tert-OH is 1. The molecule has 0 aromatic carbocycles. The Morgan fingerprint density at radius 2 is 2.25 bits per heavy atom. The number of hydrogen-bond donors (Lipinski definition) is 1. The average Bonchev–Trinajstić information content (AvgIpc) is 2.77. The zero-order chi connectivity index (χ0) is 11.5. The molecule has 4 nitrogen and oxygen atoms in total. The van der Waals surface area contributed by atoms with Gasteiger partial charge in [-0.05, 0) is 35.0 Å². The van der Waals surface area contributed by atoms with Gasteiger partial charge in [-0.2, -0.15) is 0 Å². The molecule has 1 unspecified atom stereocenters. The Bertz CT molecular complexity index is 466. The molecule has 1 atom stereocenters. The second kappa shape index (κ2) is 4.76. The Hall–Kier alpha value is -1.20. The van der Waals surface area contributed by atoms with E-state index in [0.29, 0.717) is 11.5 Å². The molecule has 5 heteroatoms. The highest BCUT2D eigenvalue weighted by Crippen LogP contribution is 2.19. The van der Waals surface area contributed by atoms with E-state index in [9.17, 15) is 5.11 Å². The Kier molecular flexibility index (Phi) is 3.36. The molecule has 0 aliphatic heterocycles. The van der Waals surface area contributed by atoms with E-state index in [2.05, 4.69) is 25.9 Å². The fourth-order valence-corrected chi connectivity index (χ4v) is 1.75. The number of pyridine rings is 1. The van der Waals surface area contributed by atoms with Crippen LogP contribution in [0.15, 0.2) is 35.2 Å². The Morgan fingerprint density at radius 3 is 2.88 bits per heavy atom. The predicted molar refractivity (Wildman–Crippen MR) is 63.9 cm³/mol. The number of imidazole rings is 1. The van der Waals surface area contributed by atoms with Gasteiger partial charge in [-0.1, -0.05) is 0 Å². The third-order valence-electron chi connectivity index (χ3n) is 2.36. The van der Waals surface area contributed by atoms with Crippen molar-refractivity contribution in [2.45, 2.75) is 19.6 Å². The molecule has 0 saturated heterocycles. The molecule has 1 N–H and O–H groups in total. The summed E-state index contributed by atoms with van der Waals surface area (Å²) in [5.74, 6) is 0.623. The number of rotatable bonds is 3. The fourth-order valence-electron chi connectivity index (χ4n) is 1.52. The van der Waals surface area contributed by atoms with Crippen LogP contribution in [0.2, 0.25) is 0 Å². The van der Waals surface area contributed by atoms with Crippen molar-refractivity contribution in [3.05, 3.63) is 46.7 Å². The summed E-state index contributed by atoms with van der Waals surface area (Å²) in [6.07, 6.45) is 4.42. The first kappa shape index (κ1) is 11.3. The van der Waals surface area contributed by atoms with Crippen molar-refractivity contribution >= 4 is 15.9 Å². The van der Waals surface area contributed by atoms with Gasteiger partial charge in [-0.15, -0.1) is 0 Å². The van der Waals surface area contributed by atoms with Crippen LogP contribution in [-0.4, -0.2) is 19.6 Å². The number of aliphatic hydroxyl groups is 1. The SMILES string of the molecule is CCn1ccnc1C(O)c1ccc(Br)cn1. The summed E-state index contributed by atoms with van der Waals surface area (Å²) in [6, 6.07) is 3.63. The van der Waals surface area contributed by atoms with Crippen LogP contribution in [-0.2, 0) is 6.54 Å². The highest BCUT2D eigenvalue weighted by Gasteiger charge is 2.16. The van der Waals surface area contributed by atoms with Crippen LogP contribution in [0.3, 0.4) is 0 Å².